The lowest BCUT2D eigenvalue weighted by molar-refractivity contribution is -0.113. The molecule has 1 aliphatic rings. The van der Waals surface area contributed by atoms with Crippen LogP contribution in [0.25, 0.3) is 0 Å². The van der Waals surface area contributed by atoms with E-state index in [1.54, 1.807) is 12.1 Å². The van der Waals surface area contributed by atoms with Crippen LogP contribution in [-0.2, 0) is 9.53 Å². The quantitative estimate of drug-likeness (QED) is 0.711. The van der Waals surface area contributed by atoms with E-state index < -0.39 is 0 Å². The van der Waals surface area contributed by atoms with E-state index in [0.717, 1.165) is 35.5 Å². The zero-order valence-electron chi connectivity index (χ0n) is 12.8. The lowest BCUT2D eigenvalue weighted by Gasteiger charge is -2.08. The highest BCUT2D eigenvalue weighted by molar-refractivity contribution is 8.01. The molecule has 9 heteroatoms. The fourth-order valence-corrected chi connectivity index (χ4v) is 3.96. The van der Waals surface area contributed by atoms with Gasteiger partial charge in [0.2, 0.25) is 11.0 Å². The number of aromatic nitrogens is 2. The SMILES string of the molecule is O=C(CSc1nnc(NCC2CCCO2)s1)Nc1ccccc1Cl. The first-order valence-corrected chi connectivity index (χ1v) is 9.75. The molecule has 1 amide bonds. The Morgan fingerprint density at radius 2 is 2.29 bits per heavy atom. The molecule has 24 heavy (non-hydrogen) atoms. The maximum absolute atomic E-state index is 12.0. The minimum absolute atomic E-state index is 0.128. The summed E-state index contributed by atoms with van der Waals surface area (Å²) < 4.78 is 6.30. The smallest absolute Gasteiger partial charge is 0.234 e. The van der Waals surface area contributed by atoms with Crippen LogP contribution in [0.2, 0.25) is 5.02 Å². The lowest BCUT2D eigenvalue weighted by atomic mass is 10.2. The molecule has 1 aliphatic heterocycles. The van der Waals surface area contributed by atoms with Crippen molar-refractivity contribution in [1.82, 2.24) is 10.2 Å². The molecule has 0 bridgehead atoms. The predicted molar refractivity (Wildman–Crippen MR) is 98.2 cm³/mol. The topological polar surface area (TPSA) is 76.1 Å². The molecule has 1 atom stereocenters. The van der Waals surface area contributed by atoms with Gasteiger partial charge in [0.05, 0.1) is 22.6 Å². The van der Waals surface area contributed by atoms with E-state index in [2.05, 4.69) is 20.8 Å². The monoisotopic (exact) mass is 384 g/mol. The lowest BCUT2D eigenvalue weighted by Crippen LogP contribution is -2.18. The molecule has 1 saturated heterocycles. The Morgan fingerprint density at radius 1 is 1.42 bits per heavy atom. The van der Waals surface area contributed by atoms with Crippen molar-refractivity contribution in [2.45, 2.75) is 23.3 Å². The molecule has 1 aromatic heterocycles. The largest absolute Gasteiger partial charge is 0.376 e. The number of carbonyl (C=O) groups is 1. The number of nitrogens with zero attached hydrogens (tertiary/aromatic N) is 2. The molecule has 0 aliphatic carbocycles. The summed E-state index contributed by atoms with van der Waals surface area (Å²) in [7, 11) is 0. The zero-order valence-corrected chi connectivity index (χ0v) is 15.2. The summed E-state index contributed by atoms with van der Waals surface area (Å²) in [5, 5.41) is 15.4. The van der Waals surface area contributed by atoms with Gasteiger partial charge < -0.3 is 15.4 Å². The van der Waals surface area contributed by atoms with Gasteiger partial charge in [-0.2, -0.15) is 0 Å². The Morgan fingerprint density at radius 3 is 3.08 bits per heavy atom. The van der Waals surface area contributed by atoms with Gasteiger partial charge in [0.25, 0.3) is 0 Å². The van der Waals surface area contributed by atoms with Gasteiger partial charge >= 0.3 is 0 Å². The first-order chi connectivity index (χ1) is 11.7. The van der Waals surface area contributed by atoms with E-state index >= 15 is 0 Å². The number of rotatable bonds is 7. The molecule has 0 saturated carbocycles. The van der Waals surface area contributed by atoms with Gasteiger partial charge in [0.1, 0.15) is 0 Å². The highest BCUT2D eigenvalue weighted by Gasteiger charge is 2.16. The van der Waals surface area contributed by atoms with Gasteiger partial charge in [-0.3, -0.25) is 4.79 Å². The molecular weight excluding hydrogens is 368 g/mol. The number of ether oxygens (including phenoxy) is 1. The fourth-order valence-electron chi connectivity index (χ4n) is 2.22. The van der Waals surface area contributed by atoms with Crippen LogP contribution in [0.5, 0.6) is 0 Å². The summed E-state index contributed by atoms with van der Waals surface area (Å²) in [4.78, 5) is 12.0. The van der Waals surface area contributed by atoms with Crippen molar-refractivity contribution in [3.63, 3.8) is 0 Å². The third-order valence-electron chi connectivity index (χ3n) is 3.39. The Kier molecular flexibility index (Phi) is 6.30. The molecule has 2 N–H and O–H groups in total. The van der Waals surface area contributed by atoms with Crippen molar-refractivity contribution < 1.29 is 9.53 Å². The van der Waals surface area contributed by atoms with Gasteiger partial charge in [-0.1, -0.05) is 46.8 Å². The Labute approximate surface area is 153 Å². The summed E-state index contributed by atoms with van der Waals surface area (Å²) in [6.45, 7) is 1.58. The number of hydrogen-bond acceptors (Lipinski definition) is 7. The van der Waals surface area contributed by atoms with Gasteiger partial charge in [0.15, 0.2) is 4.34 Å². The van der Waals surface area contributed by atoms with Crippen LogP contribution < -0.4 is 10.6 Å². The number of thioether (sulfide) groups is 1. The molecule has 1 unspecified atom stereocenters. The Hall–Kier alpha value is -1.35. The van der Waals surface area contributed by atoms with Crippen molar-refractivity contribution in [2.75, 3.05) is 29.5 Å². The van der Waals surface area contributed by atoms with Crippen molar-refractivity contribution in [2.24, 2.45) is 0 Å². The number of halogens is 1. The van der Waals surface area contributed by atoms with Gasteiger partial charge in [-0.15, -0.1) is 10.2 Å². The second-order valence-electron chi connectivity index (χ2n) is 5.21. The normalized spacial score (nSPS) is 17.0. The number of para-hydroxylation sites is 1. The van der Waals surface area contributed by atoms with Crippen LogP contribution in [-0.4, -0.2) is 41.1 Å². The number of nitrogens with one attached hydrogen (secondary N) is 2. The van der Waals surface area contributed by atoms with Crippen LogP contribution in [0.15, 0.2) is 28.6 Å². The standard InChI is InChI=1S/C15H17ClN4O2S2/c16-11-5-1-2-6-12(11)18-13(21)9-23-15-20-19-14(24-15)17-8-10-4-3-7-22-10/h1-2,5-6,10H,3-4,7-9H2,(H,17,19)(H,18,21). The third-order valence-corrected chi connectivity index (χ3v) is 5.73. The van der Waals surface area contributed by atoms with E-state index in [-0.39, 0.29) is 17.8 Å². The van der Waals surface area contributed by atoms with Crippen LogP contribution in [0, 0.1) is 0 Å². The highest BCUT2D eigenvalue weighted by Crippen LogP contribution is 2.26. The Bertz CT molecular complexity index is 692. The second kappa shape index (κ2) is 8.66. The van der Waals surface area contributed by atoms with Crippen LogP contribution >= 0.6 is 34.7 Å². The number of anilines is 2. The van der Waals surface area contributed by atoms with E-state index in [4.69, 9.17) is 16.3 Å². The highest BCUT2D eigenvalue weighted by atomic mass is 35.5. The molecule has 1 aromatic carbocycles. The first kappa shape index (κ1) is 17.5. The minimum Gasteiger partial charge on any atom is -0.376 e. The number of carbonyl (C=O) groups excluding carboxylic acids is 1. The van der Waals surface area contributed by atoms with Crippen LogP contribution in [0.4, 0.5) is 10.8 Å². The van der Waals surface area contributed by atoms with Gasteiger partial charge in [-0.05, 0) is 25.0 Å². The molecule has 2 aromatic rings. The summed E-state index contributed by atoms with van der Waals surface area (Å²) in [5.41, 5.74) is 0.612. The average molecular weight is 385 g/mol. The van der Waals surface area contributed by atoms with Gasteiger partial charge in [-0.25, -0.2) is 0 Å². The summed E-state index contributed by atoms with van der Waals surface area (Å²) >= 11 is 8.80. The minimum atomic E-state index is -0.128. The van der Waals surface area contributed by atoms with Crippen molar-refractivity contribution in [3.05, 3.63) is 29.3 Å². The van der Waals surface area contributed by atoms with E-state index in [1.807, 2.05) is 12.1 Å². The average Bonchev–Trinajstić information content (AvgIpc) is 3.25. The molecule has 128 valence electrons. The maximum atomic E-state index is 12.0. The summed E-state index contributed by atoms with van der Waals surface area (Å²) in [5.74, 6) is 0.128. The van der Waals surface area contributed by atoms with Crippen molar-refractivity contribution in [1.29, 1.82) is 0 Å². The van der Waals surface area contributed by atoms with Crippen LogP contribution in [0.3, 0.4) is 0 Å². The zero-order chi connectivity index (χ0) is 16.8. The summed E-state index contributed by atoms with van der Waals surface area (Å²) in [6, 6.07) is 7.15. The molecule has 2 heterocycles. The number of amides is 1. The summed E-state index contributed by atoms with van der Waals surface area (Å²) in [6.07, 6.45) is 2.45. The third kappa shape index (κ3) is 5.07. The molecule has 0 spiro atoms. The fraction of sp³-hybridized carbons (Fsp3) is 0.400. The second-order valence-corrected chi connectivity index (χ2v) is 7.81. The molecule has 3 rings (SSSR count). The van der Waals surface area contributed by atoms with Crippen LogP contribution in [0.1, 0.15) is 12.8 Å². The Balaban J connectivity index is 1.43. The predicted octanol–water partition coefficient (Wildman–Crippen LogP) is 3.51. The molecule has 1 fully saturated rings. The van der Waals surface area contributed by atoms with E-state index in [9.17, 15) is 4.79 Å². The molecule has 0 radical (unpaired) electrons. The van der Waals surface area contributed by atoms with Gasteiger partial charge in [0, 0.05) is 13.2 Å². The van der Waals surface area contributed by atoms with E-state index in [0.29, 0.717) is 10.7 Å². The van der Waals surface area contributed by atoms with Crippen molar-refractivity contribution in [3.8, 4) is 0 Å². The van der Waals surface area contributed by atoms with E-state index in [1.165, 1.54) is 23.1 Å². The maximum Gasteiger partial charge on any atom is 0.234 e. The molecular formula is C15H17ClN4O2S2. The number of hydrogen-bond donors (Lipinski definition) is 2. The number of benzene rings is 1. The van der Waals surface area contributed by atoms with Crippen molar-refractivity contribution >= 4 is 51.4 Å². The first-order valence-electron chi connectivity index (χ1n) is 7.57. The molecule has 6 nitrogen and oxygen atoms in total.